The number of esters is 3. The summed E-state index contributed by atoms with van der Waals surface area (Å²) in [6.45, 7) is 8.57. The number of carbonyl (C=O) groups excluding carboxylic acids is 3. The number of ether oxygens (including phenoxy) is 4. The fourth-order valence-electron chi connectivity index (χ4n) is 7.59. The van der Waals surface area contributed by atoms with Crippen LogP contribution in [-0.4, -0.2) is 58.1 Å². The van der Waals surface area contributed by atoms with E-state index in [1.807, 2.05) is 81.4 Å². The zero-order valence-electron chi connectivity index (χ0n) is 25.3. The molecule has 2 aromatic rings. The van der Waals surface area contributed by atoms with Crippen LogP contribution in [-0.2, 0) is 33.3 Å². The van der Waals surface area contributed by atoms with Gasteiger partial charge in [0, 0.05) is 25.0 Å². The highest BCUT2D eigenvalue weighted by atomic mass is 16.6. The Bertz CT molecular complexity index is 1410. The molecule has 1 spiro atoms. The molecule has 2 aromatic carbocycles. The van der Waals surface area contributed by atoms with Crippen molar-refractivity contribution in [2.75, 3.05) is 0 Å². The van der Waals surface area contributed by atoms with Crippen molar-refractivity contribution >= 4 is 30.1 Å². The third kappa shape index (κ3) is 5.43. The predicted molar refractivity (Wildman–Crippen MR) is 160 cm³/mol. The molecule has 3 fully saturated rings. The molecule has 2 saturated carbocycles. The van der Waals surface area contributed by atoms with Crippen LogP contribution in [0.5, 0.6) is 0 Å². The van der Waals surface area contributed by atoms with E-state index in [2.05, 4.69) is 0 Å². The third-order valence-electron chi connectivity index (χ3n) is 9.62. The first-order valence-corrected chi connectivity index (χ1v) is 14.8. The summed E-state index contributed by atoms with van der Waals surface area (Å²) in [7, 11) is 0. The second-order valence-electron chi connectivity index (χ2n) is 12.7. The van der Waals surface area contributed by atoms with Crippen LogP contribution in [0, 0.1) is 11.3 Å². The summed E-state index contributed by atoms with van der Waals surface area (Å²) in [5.74, 6) is -2.07. The minimum atomic E-state index is -1.54. The van der Waals surface area contributed by atoms with Gasteiger partial charge in [0.2, 0.25) is 0 Å². The largest absolute Gasteiger partial charge is 0.459 e. The van der Waals surface area contributed by atoms with E-state index in [9.17, 15) is 19.5 Å². The van der Waals surface area contributed by atoms with Gasteiger partial charge in [-0.2, -0.15) is 0 Å². The van der Waals surface area contributed by atoms with Crippen molar-refractivity contribution in [1.82, 2.24) is 0 Å². The average Bonchev–Trinajstić information content (AvgIpc) is 3.14. The maximum absolute atomic E-state index is 13.3. The molecular formula is C35H40O8. The van der Waals surface area contributed by atoms with Gasteiger partial charge in [0.15, 0.2) is 0 Å². The van der Waals surface area contributed by atoms with Gasteiger partial charge in [0.1, 0.15) is 23.9 Å². The molecule has 3 aliphatic rings. The predicted octanol–water partition coefficient (Wildman–Crippen LogP) is 5.29. The van der Waals surface area contributed by atoms with Crippen molar-refractivity contribution in [1.29, 1.82) is 0 Å². The third-order valence-corrected chi connectivity index (χ3v) is 9.62. The summed E-state index contributed by atoms with van der Waals surface area (Å²) in [5.41, 5.74) is -3.53. The molecule has 1 N–H and O–H groups in total. The number of benzene rings is 2. The van der Waals surface area contributed by atoms with E-state index in [0.717, 1.165) is 11.1 Å². The Morgan fingerprint density at radius 2 is 1.33 bits per heavy atom. The summed E-state index contributed by atoms with van der Waals surface area (Å²) >= 11 is 0. The molecule has 228 valence electrons. The second-order valence-corrected chi connectivity index (χ2v) is 12.7. The summed E-state index contributed by atoms with van der Waals surface area (Å²) < 4.78 is 25.1. The van der Waals surface area contributed by atoms with Crippen LogP contribution >= 0.6 is 0 Å². The molecule has 1 aliphatic heterocycles. The first-order valence-electron chi connectivity index (χ1n) is 14.8. The molecule has 1 saturated heterocycles. The highest BCUT2D eigenvalue weighted by Gasteiger charge is 2.82. The van der Waals surface area contributed by atoms with Crippen LogP contribution in [0.25, 0.3) is 12.2 Å². The van der Waals surface area contributed by atoms with Crippen LogP contribution in [0.15, 0.2) is 72.8 Å². The quantitative estimate of drug-likeness (QED) is 0.264. The number of aliphatic hydroxyl groups is 1. The van der Waals surface area contributed by atoms with Crippen molar-refractivity contribution in [3.8, 4) is 0 Å². The highest BCUT2D eigenvalue weighted by Crippen LogP contribution is 2.68. The number of carbonyl (C=O) groups is 3. The summed E-state index contributed by atoms with van der Waals surface area (Å²) in [6.07, 6.45) is 4.30. The average molecular weight is 589 g/mol. The van der Waals surface area contributed by atoms with Crippen LogP contribution in [0.1, 0.15) is 65.0 Å². The molecule has 8 nitrogen and oxygen atoms in total. The van der Waals surface area contributed by atoms with Crippen molar-refractivity contribution < 1.29 is 38.4 Å². The summed E-state index contributed by atoms with van der Waals surface area (Å²) in [5, 5.41) is 12.1. The van der Waals surface area contributed by atoms with Gasteiger partial charge < -0.3 is 24.1 Å². The first kappa shape index (κ1) is 30.7. The molecular weight excluding hydrogens is 548 g/mol. The molecule has 7 atom stereocenters. The SMILES string of the molecule is CC(=O)O[C@@H]1[C@H]2C[C@H](OC(=O)C=Cc3ccccc3)[C@]3(C)[C@@H](OC(=O)C=Cc4ccccc4)CC[C@](C)(O)[C@@]13OC2(C)C. The minimum Gasteiger partial charge on any atom is -0.459 e. The fraction of sp³-hybridized carbons (Fsp3) is 0.457. The van der Waals surface area contributed by atoms with Crippen LogP contribution in [0.3, 0.4) is 0 Å². The lowest BCUT2D eigenvalue weighted by Crippen LogP contribution is -2.79. The normalized spacial score (nSPS) is 34.5. The van der Waals surface area contributed by atoms with Crippen LogP contribution < -0.4 is 0 Å². The Labute approximate surface area is 252 Å². The van der Waals surface area contributed by atoms with Gasteiger partial charge in [-0.25, -0.2) is 9.59 Å². The number of hydrogen-bond acceptors (Lipinski definition) is 8. The van der Waals surface area contributed by atoms with E-state index in [0.29, 0.717) is 0 Å². The van der Waals surface area contributed by atoms with Crippen molar-refractivity contribution in [2.45, 2.75) is 89.0 Å². The van der Waals surface area contributed by atoms with Gasteiger partial charge in [-0.05, 0) is 70.2 Å². The Morgan fingerprint density at radius 3 is 1.84 bits per heavy atom. The monoisotopic (exact) mass is 588 g/mol. The molecule has 2 aliphatic carbocycles. The fourth-order valence-corrected chi connectivity index (χ4v) is 7.59. The number of fused-ring (bicyclic) bond motifs is 1. The molecule has 8 heteroatoms. The minimum absolute atomic E-state index is 0.206. The van der Waals surface area contributed by atoms with Gasteiger partial charge in [0.25, 0.3) is 0 Å². The molecule has 1 heterocycles. The highest BCUT2D eigenvalue weighted by molar-refractivity contribution is 5.88. The zero-order valence-corrected chi connectivity index (χ0v) is 25.3. The number of hydrogen-bond donors (Lipinski definition) is 1. The van der Waals surface area contributed by atoms with E-state index in [1.54, 1.807) is 19.1 Å². The molecule has 0 radical (unpaired) electrons. The van der Waals surface area contributed by atoms with Gasteiger partial charge >= 0.3 is 17.9 Å². The standard InChI is InChI=1S/C35H40O8/c1-23(36)40-31-26-22-28(42-30(38)19-17-25-14-10-7-11-15-25)34(5)27(41-29(37)18-16-24-12-8-6-9-13-24)20-21-33(4,39)35(31,34)43-32(26,2)3/h6-19,26-28,31,39H,20-22H2,1-5H3/t26-,27+,28+,31-,33+,34+,35+/m1/s1. The number of rotatable bonds is 7. The van der Waals surface area contributed by atoms with Gasteiger partial charge in [-0.15, -0.1) is 0 Å². The molecule has 43 heavy (non-hydrogen) atoms. The molecule has 5 rings (SSSR count). The first-order chi connectivity index (χ1) is 20.3. The van der Waals surface area contributed by atoms with E-state index < -0.39 is 64.4 Å². The van der Waals surface area contributed by atoms with E-state index in [1.165, 1.54) is 19.1 Å². The van der Waals surface area contributed by atoms with Crippen LogP contribution in [0.2, 0.25) is 0 Å². The van der Waals surface area contributed by atoms with Crippen LogP contribution in [0.4, 0.5) is 0 Å². The van der Waals surface area contributed by atoms with E-state index in [-0.39, 0.29) is 19.3 Å². The molecule has 0 unspecified atom stereocenters. The van der Waals surface area contributed by atoms with Crippen molar-refractivity contribution in [3.05, 3.63) is 83.9 Å². The van der Waals surface area contributed by atoms with Gasteiger partial charge in [-0.3, -0.25) is 4.79 Å². The lowest BCUT2D eigenvalue weighted by Gasteiger charge is -2.64. The second kappa shape index (κ2) is 11.4. The molecule has 0 aromatic heterocycles. The lowest BCUT2D eigenvalue weighted by molar-refractivity contribution is -0.329. The van der Waals surface area contributed by atoms with Gasteiger partial charge in [-0.1, -0.05) is 60.7 Å². The Morgan fingerprint density at radius 1 is 0.814 bits per heavy atom. The Balaban J connectivity index is 1.54. The maximum Gasteiger partial charge on any atom is 0.331 e. The Hall–Kier alpha value is -3.75. The summed E-state index contributed by atoms with van der Waals surface area (Å²) in [6, 6.07) is 18.8. The van der Waals surface area contributed by atoms with E-state index >= 15 is 0 Å². The zero-order chi connectivity index (χ0) is 31.0. The molecule has 2 bridgehead atoms. The van der Waals surface area contributed by atoms with E-state index in [4.69, 9.17) is 18.9 Å². The lowest BCUT2D eigenvalue weighted by atomic mass is 9.47. The Kier molecular flexibility index (Phi) is 8.13. The van der Waals surface area contributed by atoms with Crippen molar-refractivity contribution in [2.24, 2.45) is 11.3 Å². The topological polar surface area (TPSA) is 108 Å². The summed E-state index contributed by atoms with van der Waals surface area (Å²) in [4.78, 5) is 38.9. The van der Waals surface area contributed by atoms with Crippen molar-refractivity contribution in [3.63, 3.8) is 0 Å². The van der Waals surface area contributed by atoms with Gasteiger partial charge in [0.05, 0.1) is 16.6 Å². The molecule has 0 amide bonds. The maximum atomic E-state index is 13.3. The smallest absolute Gasteiger partial charge is 0.331 e.